The van der Waals surface area contributed by atoms with Crippen LogP contribution in [-0.2, 0) is 11.3 Å². The lowest BCUT2D eigenvalue weighted by Gasteiger charge is -2.30. The first-order chi connectivity index (χ1) is 7.79. The Kier molecular flexibility index (Phi) is 3.79. The Morgan fingerprint density at radius 2 is 2.50 bits per heavy atom. The van der Waals surface area contributed by atoms with E-state index in [4.69, 9.17) is 4.74 Å². The molecule has 1 aromatic rings. The highest BCUT2D eigenvalue weighted by atomic mass is 16.5. The zero-order chi connectivity index (χ0) is 11.4. The van der Waals surface area contributed by atoms with Crippen LogP contribution in [0, 0.1) is 0 Å². The Morgan fingerprint density at radius 3 is 3.25 bits per heavy atom. The molecule has 0 aromatic carbocycles. The molecule has 5 nitrogen and oxygen atoms in total. The molecule has 1 aliphatic rings. The van der Waals surface area contributed by atoms with Crippen molar-refractivity contribution in [2.24, 2.45) is 0 Å². The molecule has 5 heteroatoms. The van der Waals surface area contributed by atoms with Crippen molar-refractivity contribution in [1.29, 1.82) is 0 Å². The lowest BCUT2D eigenvalue weighted by atomic mass is 10.3. The van der Waals surface area contributed by atoms with Gasteiger partial charge in [0.05, 0.1) is 19.3 Å². The van der Waals surface area contributed by atoms with E-state index in [0.29, 0.717) is 0 Å². The van der Waals surface area contributed by atoms with Crippen LogP contribution in [-0.4, -0.2) is 53.8 Å². The molecule has 1 fully saturated rings. The Hall–Kier alpha value is -1.07. The van der Waals surface area contributed by atoms with Gasteiger partial charge in [-0.2, -0.15) is 0 Å². The summed E-state index contributed by atoms with van der Waals surface area (Å²) in [6, 6.07) is 0. The van der Waals surface area contributed by atoms with E-state index in [1.807, 2.05) is 12.4 Å². The van der Waals surface area contributed by atoms with Crippen LogP contribution in [0.15, 0.2) is 12.4 Å². The molecule has 1 saturated heterocycles. The number of anilines is 1. The fraction of sp³-hybridized carbons (Fsp3) is 0.727. The van der Waals surface area contributed by atoms with Crippen molar-refractivity contribution in [3.05, 3.63) is 12.4 Å². The minimum atomic E-state index is 0.269. The van der Waals surface area contributed by atoms with Crippen molar-refractivity contribution < 1.29 is 4.74 Å². The molecule has 1 aromatic heterocycles. The van der Waals surface area contributed by atoms with Crippen molar-refractivity contribution in [3.63, 3.8) is 0 Å². The molecule has 0 radical (unpaired) electrons. The molecule has 0 bridgehead atoms. The van der Waals surface area contributed by atoms with Crippen molar-refractivity contribution in [1.82, 2.24) is 14.5 Å². The zero-order valence-corrected chi connectivity index (χ0v) is 10.0. The predicted molar refractivity (Wildman–Crippen MR) is 63.6 cm³/mol. The van der Waals surface area contributed by atoms with Gasteiger partial charge in [0.25, 0.3) is 0 Å². The number of morpholine rings is 1. The number of aromatic nitrogens is 2. The van der Waals surface area contributed by atoms with E-state index in [1.54, 1.807) is 0 Å². The van der Waals surface area contributed by atoms with Crippen LogP contribution in [0.25, 0.3) is 0 Å². The number of nitrogens with one attached hydrogen (secondary N) is 1. The highest BCUT2D eigenvalue weighted by Crippen LogP contribution is 2.10. The molecule has 0 spiro atoms. The van der Waals surface area contributed by atoms with Gasteiger partial charge < -0.3 is 19.5 Å². The summed E-state index contributed by atoms with van der Waals surface area (Å²) in [4.78, 5) is 6.58. The number of ether oxygens (including phenoxy) is 1. The summed E-state index contributed by atoms with van der Waals surface area (Å²) in [5.74, 6) is 0.930. The van der Waals surface area contributed by atoms with Gasteiger partial charge >= 0.3 is 0 Å². The standard InChI is InChI=1S/C11H20N4O/c1-3-12-11-13-4-5-15(11)9-10-8-14(2)6-7-16-10/h4-5,10H,3,6-9H2,1-2H3,(H,12,13). The minimum absolute atomic E-state index is 0.269. The van der Waals surface area contributed by atoms with Gasteiger partial charge in [0.1, 0.15) is 0 Å². The molecular formula is C11H20N4O. The average Bonchev–Trinajstić information content (AvgIpc) is 2.66. The second-order valence-corrected chi connectivity index (χ2v) is 4.19. The second kappa shape index (κ2) is 5.32. The number of hydrogen-bond donors (Lipinski definition) is 1. The summed E-state index contributed by atoms with van der Waals surface area (Å²) >= 11 is 0. The molecule has 1 aliphatic heterocycles. The molecule has 16 heavy (non-hydrogen) atoms. The largest absolute Gasteiger partial charge is 0.374 e. The van der Waals surface area contributed by atoms with Crippen LogP contribution in [0.4, 0.5) is 5.95 Å². The van der Waals surface area contributed by atoms with Crippen molar-refractivity contribution in [2.75, 3.05) is 38.6 Å². The summed E-state index contributed by atoms with van der Waals surface area (Å²) in [5, 5.41) is 3.24. The highest BCUT2D eigenvalue weighted by molar-refractivity contribution is 5.25. The van der Waals surface area contributed by atoms with Crippen molar-refractivity contribution >= 4 is 5.95 Å². The van der Waals surface area contributed by atoms with Gasteiger partial charge in [-0.25, -0.2) is 4.98 Å². The molecule has 90 valence electrons. The maximum atomic E-state index is 5.74. The maximum absolute atomic E-state index is 5.74. The van der Waals surface area contributed by atoms with Gasteiger partial charge in [0, 0.05) is 32.0 Å². The van der Waals surface area contributed by atoms with Gasteiger partial charge in [0.2, 0.25) is 5.95 Å². The second-order valence-electron chi connectivity index (χ2n) is 4.19. The van der Waals surface area contributed by atoms with Gasteiger partial charge in [-0.3, -0.25) is 0 Å². The van der Waals surface area contributed by atoms with Crippen molar-refractivity contribution in [3.8, 4) is 0 Å². The first kappa shape index (κ1) is 11.4. The first-order valence-corrected chi connectivity index (χ1v) is 5.84. The van der Waals surface area contributed by atoms with Gasteiger partial charge in [-0.1, -0.05) is 0 Å². The predicted octanol–water partition coefficient (Wildman–Crippen LogP) is 0.645. The average molecular weight is 224 g/mol. The summed E-state index contributed by atoms with van der Waals surface area (Å²) in [6.45, 7) is 6.68. The third-order valence-electron chi connectivity index (χ3n) is 2.79. The third-order valence-corrected chi connectivity index (χ3v) is 2.79. The summed E-state index contributed by atoms with van der Waals surface area (Å²) in [7, 11) is 2.13. The summed E-state index contributed by atoms with van der Waals surface area (Å²) in [5.41, 5.74) is 0. The highest BCUT2D eigenvalue weighted by Gasteiger charge is 2.18. The van der Waals surface area contributed by atoms with E-state index >= 15 is 0 Å². The number of imidazole rings is 1. The van der Waals surface area contributed by atoms with Gasteiger partial charge in [-0.05, 0) is 14.0 Å². The molecule has 2 rings (SSSR count). The quantitative estimate of drug-likeness (QED) is 0.815. The Morgan fingerprint density at radius 1 is 1.62 bits per heavy atom. The van der Waals surface area contributed by atoms with Crippen LogP contribution in [0.1, 0.15) is 6.92 Å². The maximum Gasteiger partial charge on any atom is 0.202 e. The van der Waals surface area contributed by atoms with Crippen LogP contribution < -0.4 is 5.32 Å². The molecular weight excluding hydrogens is 204 g/mol. The Balaban J connectivity index is 1.94. The van der Waals surface area contributed by atoms with Crippen molar-refractivity contribution in [2.45, 2.75) is 19.6 Å². The molecule has 1 atom stereocenters. The normalized spacial score (nSPS) is 22.2. The molecule has 1 unspecified atom stereocenters. The van der Waals surface area contributed by atoms with Crippen LogP contribution in [0.2, 0.25) is 0 Å². The molecule has 0 saturated carbocycles. The molecule has 0 aliphatic carbocycles. The van der Waals surface area contributed by atoms with Gasteiger partial charge in [0.15, 0.2) is 0 Å². The third kappa shape index (κ3) is 2.74. The van der Waals surface area contributed by atoms with E-state index < -0.39 is 0 Å². The van der Waals surface area contributed by atoms with Crippen LogP contribution >= 0.6 is 0 Å². The number of nitrogens with zero attached hydrogens (tertiary/aromatic N) is 3. The SMILES string of the molecule is CCNc1nccn1CC1CN(C)CCO1. The molecule has 0 amide bonds. The van der Waals surface area contributed by atoms with E-state index in [2.05, 4.69) is 33.7 Å². The van der Waals surface area contributed by atoms with Crippen LogP contribution in [0.3, 0.4) is 0 Å². The zero-order valence-electron chi connectivity index (χ0n) is 10.0. The topological polar surface area (TPSA) is 42.3 Å². The fourth-order valence-corrected chi connectivity index (χ4v) is 1.98. The van der Waals surface area contributed by atoms with E-state index in [-0.39, 0.29) is 6.10 Å². The molecule has 1 N–H and O–H groups in total. The lowest BCUT2D eigenvalue weighted by molar-refractivity contribution is -0.0272. The lowest BCUT2D eigenvalue weighted by Crippen LogP contribution is -2.42. The Bertz CT molecular complexity index is 326. The number of rotatable bonds is 4. The van der Waals surface area contributed by atoms with E-state index in [1.165, 1.54) is 0 Å². The molecule has 2 heterocycles. The first-order valence-electron chi connectivity index (χ1n) is 5.84. The van der Waals surface area contributed by atoms with E-state index in [0.717, 1.165) is 38.7 Å². The smallest absolute Gasteiger partial charge is 0.202 e. The number of hydrogen-bond acceptors (Lipinski definition) is 4. The number of likely N-dealkylation sites (N-methyl/N-ethyl adjacent to an activating group) is 1. The Labute approximate surface area is 96.4 Å². The summed E-state index contributed by atoms with van der Waals surface area (Å²) < 4.78 is 7.86. The minimum Gasteiger partial charge on any atom is -0.374 e. The van der Waals surface area contributed by atoms with E-state index in [9.17, 15) is 0 Å². The van der Waals surface area contributed by atoms with Gasteiger partial charge in [-0.15, -0.1) is 0 Å². The van der Waals surface area contributed by atoms with Crippen LogP contribution in [0.5, 0.6) is 0 Å². The monoisotopic (exact) mass is 224 g/mol. The fourth-order valence-electron chi connectivity index (χ4n) is 1.98. The summed E-state index contributed by atoms with van der Waals surface area (Å²) in [6.07, 6.45) is 4.09.